The topological polar surface area (TPSA) is 185 Å². The zero-order valence-corrected chi connectivity index (χ0v) is 81.6. The fourth-order valence-corrected chi connectivity index (χ4v) is 10.4. The summed E-state index contributed by atoms with van der Waals surface area (Å²) in [5.41, 5.74) is 7.32. The van der Waals surface area contributed by atoms with Crippen LogP contribution in [0.25, 0.3) is 0 Å². The van der Waals surface area contributed by atoms with Crippen molar-refractivity contribution in [3.05, 3.63) is 144 Å². The number of aromatic nitrogens is 16. The van der Waals surface area contributed by atoms with Crippen LogP contribution in [0.5, 0.6) is 0 Å². The molecule has 0 fully saturated rings. The number of hydrogen-bond acceptors (Lipinski definition) is 12. The standard InChI is InChI=1S/2C13H24N2.C13H23NO.C12H23N3.C12H24.2C9H16N2.C9H15NO.C8H15N3/c1-11(2)5-6-13-9-15(10-14-13)8-7-12(3)4;1-11(2)5-6-13-9-14-15(10-13)8-7-12(3)4;1-10(2)5-7-12-9-14-13(15-12)8-6-11(3)4;1-10(2)5-6-12-9-15(14-13-12)8-7-11(3)4;1-11(2)9-7-5-6-8-10-12(3)4;1-7(2)9-5-11(6-10-9)8(3)4;1-7(2)9-5-10-11(6-9)8(3)4;1-6(2)8-5-10-9(11-8)7(3)4;1-6(2)8-5-11(7(3)4)10-9-8/h2*9-12H,5-8H2,1-4H3;2*9-11H,5-8H2,1-4H3;5-6,11-12H,7-10H2,1-4H3;2*5-8H,1-4H3;2*5-7H,1-4H3. The predicted molar refractivity (Wildman–Crippen MR) is 495 cm³/mol. The molecule has 8 aromatic rings. The number of oxazole rings is 2. The van der Waals surface area contributed by atoms with Gasteiger partial charge in [0, 0.05) is 99.6 Å². The Kier molecular flexibility index (Phi) is 58.8. The molecule has 0 aliphatic heterocycles. The van der Waals surface area contributed by atoms with E-state index >= 15 is 0 Å². The van der Waals surface area contributed by atoms with E-state index in [1.807, 2.05) is 57.7 Å². The summed E-state index contributed by atoms with van der Waals surface area (Å²) in [5, 5.41) is 25.0. The first kappa shape index (κ1) is 109. The largest absolute Gasteiger partial charge is 0.446 e. The molecule has 664 valence electrons. The zero-order valence-electron chi connectivity index (χ0n) is 81.6. The third-order valence-electron chi connectivity index (χ3n) is 19.1. The van der Waals surface area contributed by atoms with Gasteiger partial charge in [0.25, 0.3) is 0 Å². The van der Waals surface area contributed by atoms with Crippen LogP contribution in [-0.4, -0.2) is 78.6 Å². The quantitative estimate of drug-likeness (QED) is 0.0334. The van der Waals surface area contributed by atoms with E-state index in [0.29, 0.717) is 47.7 Å². The van der Waals surface area contributed by atoms with Crippen LogP contribution in [0.3, 0.4) is 0 Å². The monoisotopic (exact) mass is 1610 g/mol. The van der Waals surface area contributed by atoms with Crippen LogP contribution >= 0.6 is 0 Å². The van der Waals surface area contributed by atoms with Crippen molar-refractivity contribution >= 4 is 0 Å². The van der Waals surface area contributed by atoms with Crippen molar-refractivity contribution in [1.29, 1.82) is 0 Å². The van der Waals surface area contributed by atoms with E-state index in [1.54, 1.807) is 0 Å². The van der Waals surface area contributed by atoms with Gasteiger partial charge in [0.2, 0.25) is 0 Å². The molecule has 8 rings (SSSR count). The molecule has 18 heteroatoms. The fraction of sp³-hybridized carbons (Fsp3) is 0.755. The highest BCUT2D eigenvalue weighted by Crippen LogP contribution is 2.22. The summed E-state index contributed by atoms with van der Waals surface area (Å²) >= 11 is 0. The smallest absolute Gasteiger partial charge is 0.196 e. The second kappa shape index (κ2) is 62.4. The van der Waals surface area contributed by atoms with E-state index in [2.05, 4.69) is 357 Å². The maximum Gasteiger partial charge on any atom is 0.196 e. The van der Waals surface area contributed by atoms with Gasteiger partial charge in [-0.05, 0) is 226 Å². The van der Waals surface area contributed by atoms with Crippen molar-refractivity contribution in [2.24, 2.45) is 59.2 Å². The minimum Gasteiger partial charge on any atom is -0.446 e. The van der Waals surface area contributed by atoms with Gasteiger partial charge in [0.05, 0.1) is 60.2 Å². The van der Waals surface area contributed by atoms with Crippen LogP contribution in [0.2, 0.25) is 0 Å². The summed E-state index contributed by atoms with van der Waals surface area (Å²) in [6.07, 6.45) is 49.1. The number of rotatable bonds is 38. The molecule has 0 saturated carbocycles. The van der Waals surface area contributed by atoms with Crippen LogP contribution < -0.4 is 0 Å². The molecule has 0 bridgehead atoms. The first-order valence-corrected chi connectivity index (χ1v) is 45.8. The molecule has 0 radical (unpaired) electrons. The molecule has 116 heavy (non-hydrogen) atoms. The fourth-order valence-electron chi connectivity index (χ4n) is 10.4. The molecule has 0 saturated heterocycles. The van der Waals surface area contributed by atoms with Gasteiger partial charge in [-0.3, -0.25) is 14.0 Å². The van der Waals surface area contributed by atoms with Gasteiger partial charge in [-0.15, -0.1) is 10.2 Å². The van der Waals surface area contributed by atoms with Crippen molar-refractivity contribution in [3.63, 3.8) is 0 Å². The van der Waals surface area contributed by atoms with Crippen LogP contribution in [0, 0.1) is 59.2 Å². The van der Waals surface area contributed by atoms with E-state index in [0.717, 1.165) is 146 Å². The minimum atomic E-state index is 0.391. The molecule has 0 N–H and O–H groups in total. The van der Waals surface area contributed by atoms with Gasteiger partial charge in [0.15, 0.2) is 11.8 Å². The molecule has 18 nitrogen and oxygen atoms in total. The van der Waals surface area contributed by atoms with Crippen molar-refractivity contribution in [2.45, 2.75) is 426 Å². The summed E-state index contributed by atoms with van der Waals surface area (Å²) in [6, 6.07) is 1.41. The highest BCUT2D eigenvalue weighted by Gasteiger charge is 2.13. The Balaban J connectivity index is 0.00000129. The predicted octanol–water partition coefficient (Wildman–Crippen LogP) is 28.3. The van der Waals surface area contributed by atoms with Gasteiger partial charge in [0.1, 0.15) is 11.5 Å². The molecule has 0 atom stereocenters. The highest BCUT2D eigenvalue weighted by molar-refractivity contribution is 5.09. The third kappa shape index (κ3) is 56.6. The number of nitrogens with zero attached hydrogens (tertiary/aromatic N) is 16. The lowest BCUT2D eigenvalue weighted by Crippen LogP contribution is -2.01. The molecule has 0 aliphatic rings. The lowest BCUT2D eigenvalue weighted by molar-refractivity contribution is 0.420. The molecule has 0 aromatic carbocycles. The molecule has 0 unspecified atom stereocenters. The van der Waals surface area contributed by atoms with E-state index in [-0.39, 0.29) is 0 Å². The number of hydrogen-bond donors (Lipinski definition) is 0. The molecular formula is C98H180N16O2. The van der Waals surface area contributed by atoms with Crippen molar-refractivity contribution < 1.29 is 8.83 Å². The van der Waals surface area contributed by atoms with E-state index in [1.165, 1.54) is 99.6 Å². The summed E-state index contributed by atoms with van der Waals surface area (Å²) in [4.78, 5) is 17.2. The zero-order chi connectivity index (χ0) is 88.2. The normalized spacial score (nSPS) is 11.6. The third-order valence-corrected chi connectivity index (χ3v) is 19.1. The Labute approximate surface area is 712 Å². The molecule has 0 spiro atoms. The summed E-state index contributed by atoms with van der Waals surface area (Å²) < 4.78 is 23.4. The SMILES string of the molecule is CC(C)CCC=CCCC(C)C.CC(C)CCc1cn(CCC(C)C)cn1.CC(C)CCc1cn(CCC(C)C)nn1.CC(C)CCc1cnc(CCC(C)C)o1.CC(C)CCc1cnn(CCC(C)C)c1.CC(C)c1cn(C(C)C)cn1.CC(C)c1cn(C(C)C)nn1.CC(C)c1cnc(C(C)C)o1.CC(C)c1cnn(C(C)C)c1. The van der Waals surface area contributed by atoms with Gasteiger partial charge in [-0.1, -0.05) is 230 Å². The Morgan fingerprint density at radius 3 is 1.25 bits per heavy atom. The van der Waals surface area contributed by atoms with Gasteiger partial charge in [-0.2, -0.15) is 10.2 Å². The van der Waals surface area contributed by atoms with Crippen molar-refractivity contribution in [1.82, 2.24) is 78.6 Å². The Hall–Kier alpha value is -6.72. The lowest BCUT2D eigenvalue weighted by atomic mass is 10.1. The molecule has 0 amide bonds. The van der Waals surface area contributed by atoms with Crippen LogP contribution in [0.4, 0.5) is 0 Å². The van der Waals surface area contributed by atoms with Crippen LogP contribution in [0.15, 0.2) is 95.6 Å². The molecule has 8 aromatic heterocycles. The maximum atomic E-state index is 5.67. The molecular weight excluding hydrogens is 1430 g/mol. The van der Waals surface area contributed by atoms with Crippen molar-refractivity contribution in [3.8, 4) is 0 Å². The van der Waals surface area contributed by atoms with E-state index in [9.17, 15) is 0 Å². The number of imidazole rings is 2. The number of allylic oxidation sites excluding steroid dienone is 2. The average molecular weight is 1610 g/mol. The average Bonchev–Trinajstić information content (AvgIpc) is 1.76. The lowest BCUT2D eigenvalue weighted by Gasteiger charge is -2.04. The summed E-state index contributed by atoms with van der Waals surface area (Å²) in [7, 11) is 0. The van der Waals surface area contributed by atoms with Gasteiger partial charge in [-0.25, -0.2) is 24.6 Å². The summed E-state index contributed by atoms with van der Waals surface area (Å²) in [6.45, 7) is 82.3. The Morgan fingerprint density at radius 2 is 0.828 bits per heavy atom. The van der Waals surface area contributed by atoms with Crippen LogP contribution in [0.1, 0.15) is 431 Å². The van der Waals surface area contributed by atoms with Gasteiger partial charge >= 0.3 is 0 Å². The minimum absolute atomic E-state index is 0.391. The Morgan fingerprint density at radius 1 is 0.328 bits per heavy atom. The van der Waals surface area contributed by atoms with E-state index in [4.69, 9.17) is 8.83 Å². The van der Waals surface area contributed by atoms with Gasteiger partial charge < -0.3 is 18.0 Å². The second-order valence-electron chi connectivity index (χ2n) is 38.8. The van der Waals surface area contributed by atoms with Crippen molar-refractivity contribution in [2.75, 3.05) is 0 Å². The highest BCUT2D eigenvalue weighted by atomic mass is 16.4. The maximum absolute atomic E-state index is 5.67. The first-order chi connectivity index (χ1) is 54.4. The van der Waals surface area contributed by atoms with Crippen LogP contribution in [-0.2, 0) is 51.7 Å². The number of aryl methyl sites for hydroxylation is 8. The molecule has 0 aliphatic carbocycles. The summed E-state index contributed by atoms with van der Waals surface area (Å²) in [5.74, 6) is 13.9. The first-order valence-electron chi connectivity index (χ1n) is 45.8. The molecule has 8 heterocycles. The second-order valence-corrected chi connectivity index (χ2v) is 38.8. The Bertz CT molecular complexity index is 2930. The van der Waals surface area contributed by atoms with E-state index < -0.39 is 0 Å².